The van der Waals surface area contributed by atoms with E-state index in [2.05, 4.69) is 0 Å². The predicted octanol–water partition coefficient (Wildman–Crippen LogP) is 2.08. The average Bonchev–Trinajstić information content (AvgIpc) is 2.31. The van der Waals surface area contributed by atoms with Gasteiger partial charge in [-0.25, -0.2) is 12.8 Å². The molecule has 5 heteroatoms. The maximum atomic E-state index is 12.8. The van der Waals surface area contributed by atoms with Crippen LogP contribution in [-0.4, -0.2) is 26.0 Å². The van der Waals surface area contributed by atoms with Crippen LogP contribution in [0.4, 0.5) is 4.39 Å². The van der Waals surface area contributed by atoms with Crippen molar-refractivity contribution >= 4 is 9.84 Å². The zero-order chi connectivity index (χ0) is 13.8. The Kier molecular flexibility index (Phi) is 5.28. The average molecular weight is 273 g/mol. The van der Waals surface area contributed by atoms with Crippen molar-refractivity contribution in [2.45, 2.75) is 31.4 Å². The Morgan fingerprint density at radius 1 is 1.22 bits per heavy atom. The molecule has 0 bridgehead atoms. The van der Waals surface area contributed by atoms with Crippen LogP contribution >= 0.6 is 0 Å². The standard InChI is InChI=1S/C13H20FNO2S/c1-10(2)18(16,17)8-7-12(9-15)11-3-5-13(14)6-4-11/h3-6,10,12H,7-9,15H2,1-2H3. The molecule has 0 spiro atoms. The lowest BCUT2D eigenvalue weighted by Gasteiger charge is -2.16. The van der Waals surface area contributed by atoms with Gasteiger partial charge < -0.3 is 5.73 Å². The minimum absolute atomic E-state index is 0.0425. The van der Waals surface area contributed by atoms with Crippen LogP contribution in [0.1, 0.15) is 31.7 Å². The Balaban J connectivity index is 2.72. The monoisotopic (exact) mass is 273 g/mol. The summed E-state index contributed by atoms with van der Waals surface area (Å²) in [6.45, 7) is 3.70. The molecule has 1 unspecified atom stereocenters. The highest BCUT2D eigenvalue weighted by atomic mass is 32.2. The van der Waals surface area contributed by atoms with E-state index in [1.165, 1.54) is 12.1 Å². The van der Waals surface area contributed by atoms with Crippen molar-refractivity contribution in [3.63, 3.8) is 0 Å². The van der Waals surface area contributed by atoms with E-state index in [4.69, 9.17) is 5.73 Å². The zero-order valence-corrected chi connectivity index (χ0v) is 11.6. The topological polar surface area (TPSA) is 60.2 Å². The minimum atomic E-state index is -3.05. The summed E-state index contributed by atoms with van der Waals surface area (Å²) in [6, 6.07) is 6.06. The third-order valence-electron chi connectivity index (χ3n) is 3.09. The molecule has 0 saturated carbocycles. The van der Waals surface area contributed by atoms with Crippen molar-refractivity contribution in [3.8, 4) is 0 Å². The lowest BCUT2D eigenvalue weighted by molar-refractivity contribution is 0.576. The van der Waals surface area contributed by atoms with E-state index >= 15 is 0 Å². The maximum Gasteiger partial charge on any atom is 0.152 e. The molecular weight excluding hydrogens is 253 g/mol. The number of benzene rings is 1. The highest BCUT2D eigenvalue weighted by Gasteiger charge is 2.19. The Morgan fingerprint density at radius 3 is 2.22 bits per heavy atom. The van der Waals surface area contributed by atoms with E-state index in [1.54, 1.807) is 26.0 Å². The van der Waals surface area contributed by atoms with Crippen LogP contribution < -0.4 is 5.73 Å². The number of hydrogen-bond donors (Lipinski definition) is 1. The van der Waals surface area contributed by atoms with Gasteiger partial charge in [0.15, 0.2) is 9.84 Å². The van der Waals surface area contributed by atoms with Gasteiger partial charge in [0.1, 0.15) is 5.82 Å². The summed E-state index contributed by atoms with van der Waals surface area (Å²) in [4.78, 5) is 0. The first-order valence-corrected chi connectivity index (χ1v) is 7.75. The molecule has 1 atom stereocenters. The van der Waals surface area contributed by atoms with Crippen LogP contribution in [0.25, 0.3) is 0 Å². The summed E-state index contributed by atoms with van der Waals surface area (Å²) in [5.74, 6) is -0.229. The van der Waals surface area contributed by atoms with E-state index < -0.39 is 9.84 Å². The normalized spacial score (nSPS) is 13.8. The largest absolute Gasteiger partial charge is 0.330 e. The van der Waals surface area contributed by atoms with Crippen molar-refractivity contribution in [1.82, 2.24) is 0 Å². The van der Waals surface area contributed by atoms with Crippen molar-refractivity contribution in [2.24, 2.45) is 5.73 Å². The summed E-state index contributed by atoms with van der Waals surface area (Å²) in [5.41, 5.74) is 6.55. The second-order valence-electron chi connectivity index (χ2n) is 4.69. The van der Waals surface area contributed by atoms with Crippen molar-refractivity contribution in [2.75, 3.05) is 12.3 Å². The highest BCUT2D eigenvalue weighted by molar-refractivity contribution is 7.91. The van der Waals surface area contributed by atoms with Gasteiger partial charge in [-0.05, 0) is 50.4 Å². The molecule has 102 valence electrons. The lowest BCUT2D eigenvalue weighted by Crippen LogP contribution is -2.22. The van der Waals surface area contributed by atoms with E-state index in [0.717, 1.165) is 5.56 Å². The molecule has 0 aliphatic carbocycles. The maximum absolute atomic E-state index is 12.8. The van der Waals surface area contributed by atoms with Gasteiger partial charge in [-0.2, -0.15) is 0 Å². The first kappa shape index (κ1) is 15.1. The molecule has 2 N–H and O–H groups in total. The van der Waals surface area contributed by atoms with Gasteiger partial charge >= 0.3 is 0 Å². The minimum Gasteiger partial charge on any atom is -0.330 e. The molecule has 1 rings (SSSR count). The quantitative estimate of drug-likeness (QED) is 0.863. The van der Waals surface area contributed by atoms with Gasteiger partial charge in [-0.15, -0.1) is 0 Å². The summed E-state index contributed by atoms with van der Waals surface area (Å²) in [5, 5.41) is -0.371. The Labute approximate surface area is 108 Å². The van der Waals surface area contributed by atoms with Crippen LogP contribution in [0.15, 0.2) is 24.3 Å². The van der Waals surface area contributed by atoms with Gasteiger partial charge in [0.2, 0.25) is 0 Å². The van der Waals surface area contributed by atoms with Gasteiger partial charge in [-0.3, -0.25) is 0 Å². The fourth-order valence-corrected chi connectivity index (χ4v) is 2.78. The smallest absolute Gasteiger partial charge is 0.152 e. The first-order valence-electron chi connectivity index (χ1n) is 6.04. The zero-order valence-electron chi connectivity index (χ0n) is 10.8. The molecule has 0 fully saturated rings. The molecule has 0 aromatic heterocycles. The summed E-state index contributed by atoms with van der Waals surface area (Å²) < 4.78 is 36.3. The van der Waals surface area contributed by atoms with Crippen LogP contribution in [0.3, 0.4) is 0 Å². The summed E-state index contributed by atoms with van der Waals surface area (Å²) in [6.07, 6.45) is 0.475. The molecule has 1 aromatic carbocycles. The first-order chi connectivity index (χ1) is 8.36. The van der Waals surface area contributed by atoms with Gasteiger partial charge in [-0.1, -0.05) is 12.1 Å². The van der Waals surface area contributed by atoms with Gasteiger partial charge in [0.05, 0.1) is 11.0 Å². The van der Waals surface area contributed by atoms with Crippen molar-refractivity contribution < 1.29 is 12.8 Å². The SMILES string of the molecule is CC(C)S(=O)(=O)CCC(CN)c1ccc(F)cc1. The predicted molar refractivity (Wildman–Crippen MR) is 71.7 cm³/mol. The molecule has 0 saturated heterocycles. The van der Waals surface area contributed by atoms with Gasteiger partial charge in [0, 0.05) is 0 Å². The van der Waals surface area contributed by atoms with E-state index in [1.807, 2.05) is 0 Å². The van der Waals surface area contributed by atoms with Crippen LogP contribution in [0.5, 0.6) is 0 Å². The summed E-state index contributed by atoms with van der Waals surface area (Å²) >= 11 is 0. The number of rotatable bonds is 6. The van der Waals surface area contributed by atoms with E-state index in [9.17, 15) is 12.8 Å². The Bertz CT molecular complexity index is 468. The van der Waals surface area contributed by atoms with Crippen molar-refractivity contribution in [1.29, 1.82) is 0 Å². The second-order valence-corrected chi connectivity index (χ2v) is 7.37. The molecule has 0 radical (unpaired) electrons. The third kappa shape index (κ3) is 4.07. The molecule has 18 heavy (non-hydrogen) atoms. The molecule has 3 nitrogen and oxygen atoms in total. The highest BCUT2D eigenvalue weighted by Crippen LogP contribution is 2.20. The number of halogens is 1. The van der Waals surface area contributed by atoms with Crippen LogP contribution in [0, 0.1) is 5.82 Å². The molecule has 0 aliphatic rings. The molecule has 0 heterocycles. The molecular formula is C13H20FNO2S. The van der Waals surface area contributed by atoms with Crippen LogP contribution in [0.2, 0.25) is 0 Å². The second kappa shape index (κ2) is 6.29. The number of hydrogen-bond acceptors (Lipinski definition) is 3. The summed E-state index contributed by atoms with van der Waals surface area (Å²) in [7, 11) is -3.05. The number of nitrogens with two attached hydrogens (primary N) is 1. The van der Waals surface area contributed by atoms with E-state index in [0.29, 0.717) is 13.0 Å². The van der Waals surface area contributed by atoms with Crippen LogP contribution in [-0.2, 0) is 9.84 Å². The Morgan fingerprint density at radius 2 is 1.78 bits per heavy atom. The fraction of sp³-hybridized carbons (Fsp3) is 0.538. The molecule has 0 aliphatic heterocycles. The third-order valence-corrected chi connectivity index (χ3v) is 5.34. The molecule has 0 amide bonds. The van der Waals surface area contributed by atoms with E-state index in [-0.39, 0.29) is 22.7 Å². The molecule has 1 aromatic rings. The van der Waals surface area contributed by atoms with Gasteiger partial charge in [0.25, 0.3) is 0 Å². The number of sulfone groups is 1. The Hall–Kier alpha value is -0.940. The fourth-order valence-electron chi connectivity index (χ4n) is 1.70. The lowest BCUT2D eigenvalue weighted by atomic mass is 9.97. The van der Waals surface area contributed by atoms with Crippen molar-refractivity contribution in [3.05, 3.63) is 35.6 Å².